The molecule has 0 bridgehead atoms. The molecule has 0 amide bonds. The number of hydrogen-bond acceptors (Lipinski definition) is 4. The standard InChI is InChI=1S/C8H15NO3/c1-9-4-2-7(3-5-9)8(11)12-6-10/h7,10H,2-6H2,1H3. The van der Waals surface area contributed by atoms with Crippen LogP contribution in [-0.2, 0) is 9.53 Å². The van der Waals surface area contributed by atoms with Gasteiger partial charge in [-0.05, 0) is 33.0 Å². The average Bonchev–Trinajstić information content (AvgIpc) is 2.06. The molecule has 1 aliphatic heterocycles. The maximum absolute atomic E-state index is 11.1. The third kappa shape index (κ3) is 2.46. The predicted octanol–water partition coefficient (Wildman–Crippen LogP) is -0.179. The Balaban J connectivity index is 2.29. The van der Waals surface area contributed by atoms with Crippen molar-refractivity contribution in [3.8, 4) is 0 Å². The van der Waals surface area contributed by atoms with Crippen molar-refractivity contribution in [1.29, 1.82) is 0 Å². The zero-order valence-corrected chi connectivity index (χ0v) is 7.32. The fraction of sp³-hybridized carbons (Fsp3) is 0.875. The Bertz CT molecular complexity index is 152. The second kappa shape index (κ2) is 4.42. The molecule has 1 fully saturated rings. The van der Waals surface area contributed by atoms with E-state index in [9.17, 15) is 4.79 Å². The van der Waals surface area contributed by atoms with E-state index in [4.69, 9.17) is 5.11 Å². The number of hydrogen-bond donors (Lipinski definition) is 1. The Hall–Kier alpha value is -0.610. The van der Waals surface area contributed by atoms with Crippen molar-refractivity contribution >= 4 is 5.97 Å². The normalized spacial score (nSPS) is 20.8. The van der Waals surface area contributed by atoms with Gasteiger partial charge >= 0.3 is 5.97 Å². The molecule has 0 aliphatic carbocycles. The van der Waals surface area contributed by atoms with Crippen LogP contribution in [0.5, 0.6) is 0 Å². The van der Waals surface area contributed by atoms with Crippen LogP contribution in [0.15, 0.2) is 0 Å². The summed E-state index contributed by atoms with van der Waals surface area (Å²) >= 11 is 0. The Morgan fingerprint density at radius 2 is 2.17 bits per heavy atom. The van der Waals surface area contributed by atoms with Crippen molar-refractivity contribution in [1.82, 2.24) is 4.90 Å². The first kappa shape index (κ1) is 9.48. The first-order valence-corrected chi connectivity index (χ1v) is 4.20. The Morgan fingerprint density at radius 3 is 2.67 bits per heavy atom. The van der Waals surface area contributed by atoms with Gasteiger partial charge in [-0.2, -0.15) is 0 Å². The average molecular weight is 173 g/mol. The molecule has 0 spiro atoms. The minimum absolute atomic E-state index is 0.00616. The number of esters is 1. The van der Waals surface area contributed by atoms with E-state index in [1.165, 1.54) is 0 Å². The molecular formula is C8H15NO3. The van der Waals surface area contributed by atoms with Gasteiger partial charge in [0.2, 0.25) is 0 Å². The first-order chi connectivity index (χ1) is 5.74. The third-order valence-corrected chi connectivity index (χ3v) is 2.26. The number of rotatable bonds is 2. The van der Waals surface area contributed by atoms with Crippen molar-refractivity contribution in [2.75, 3.05) is 26.9 Å². The summed E-state index contributed by atoms with van der Waals surface area (Å²) in [4.78, 5) is 13.3. The van der Waals surface area contributed by atoms with Gasteiger partial charge in [0.1, 0.15) is 0 Å². The third-order valence-electron chi connectivity index (χ3n) is 2.26. The zero-order chi connectivity index (χ0) is 8.97. The smallest absolute Gasteiger partial charge is 0.311 e. The van der Waals surface area contributed by atoms with E-state index in [2.05, 4.69) is 9.64 Å². The van der Waals surface area contributed by atoms with Crippen LogP contribution in [0.2, 0.25) is 0 Å². The molecule has 1 rings (SSSR count). The maximum Gasteiger partial charge on any atom is 0.311 e. The topological polar surface area (TPSA) is 49.8 Å². The van der Waals surface area contributed by atoms with Crippen molar-refractivity contribution in [3.05, 3.63) is 0 Å². The highest BCUT2D eigenvalue weighted by atomic mass is 16.6. The van der Waals surface area contributed by atoms with Crippen LogP contribution in [-0.4, -0.2) is 42.9 Å². The van der Waals surface area contributed by atoms with Crippen LogP contribution in [0.1, 0.15) is 12.8 Å². The van der Waals surface area contributed by atoms with Crippen molar-refractivity contribution in [2.45, 2.75) is 12.8 Å². The summed E-state index contributed by atoms with van der Waals surface area (Å²) in [5, 5.41) is 8.37. The van der Waals surface area contributed by atoms with Crippen LogP contribution >= 0.6 is 0 Å². The second-order valence-electron chi connectivity index (χ2n) is 3.17. The molecule has 70 valence electrons. The molecule has 0 aromatic rings. The summed E-state index contributed by atoms with van der Waals surface area (Å²) in [5.41, 5.74) is 0. The molecule has 0 aromatic heterocycles. The van der Waals surface area contributed by atoms with E-state index >= 15 is 0 Å². The van der Waals surface area contributed by atoms with Crippen LogP contribution in [0.3, 0.4) is 0 Å². The first-order valence-electron chi connectivity index (χ1n) is 4.20. The van der Waals surface area contributed by atoms with Gasteiger partial charge in [-0.3, -0.25) is 4.79 Å². The molecule has 0 atom stereocenters. The molecule has 12 heavy (non-hydrogen) atoms. The van der Waals surface area contributed by atoms with Crippen molar-refractivity contribution < 1.29 is 14.6 Å². The quantitative estimate of drug-likeness (QED) is 0.465. The van der Waals surface area contributed by atoms with Gasteiger partial charge in [-0.25, -0.2) is 0 Å². The summed E-state index contributed by atoms with van der Waals surface area (Å²) in [6.45, 7) is 1.38. The molecule has 1 N–H and O–H groups in total. The fourth-order valence-electron chi connectivity index (χ4n) is 1.43. The molecule has 1 heterocycles. The lowest BCUT2D eigenvalue weighted by atomic mass is 9.98. The van der Waals surface area contributed by atoms with Gasteiger partial charge in [-0.1, -0.05) is 0 Å². The Labute approximate surface area is 72.1 Å². The van der Waals surface area contributed by atoms with Crippen LogP contribution < -0.4 is 0 Å². The summed E-state index contributed by atoms with van der Waals surface area (Å²) in [5.74, 6) is -0.265. The highest BCUT2D eigenvalue weighted by Crippen LogP contribution is 2.16. The SMILES string of the molecule is CN1CCC(C(=O)OCO)CC1. The van der Waals surface area contributed by atoms with Crippen LogP contribution in [0.25, 0.3) is 0 Å². The number of aliphatic hydroxyl groups excluding tert-OH is 1. The van der Waals surface area contributed by atoms with Crippen molar-refractivity contribution in [2.24, 2.45) is 5.92 Å². The lowest BCUT2D eigenvalue weighted by Crippen LogP contribution is -2.34. The summed E-state index contributed by atoms with van der Waals surface area (Å²) in [6.07, 6.45) is 1.69. The maximum atomic E-state index is 11.1. The monoisotopic (exact) mass is 173 g/mol. The van der Waals surface area contributed by atoms with Crippen LogP contribution in [0.4, 0.5) is 0 Å². The van der Waals surface area contributed by atoms with E-state index < -0.39 is 6.79 Å². The Kier molecular flexibility index (Phi) is 3.49. The molecular weight excluding hydrogens is 158 g/mol. The molecule has 0 unspecified atom stereocenters. The molecule has 1 aliphatic rings. The number of ether oxygens (including phenoxy) is 1. The number of piperidine rings is 1. The predicted molar refractivity (Wildman–Crippen MR) is 43.4 cm³/mol. The van der Waals surface area contributed by atoms with Gasteiger partial charge in [0.25, 0.3) is 0 Å². The van der Waals surface area contributed by atoms with Crippen LogP contribution in [0, 0.1) is 5.92 Å². The van der Waals surface area contributed by atoms with E-state index in [0.717, 1.165) is 25.9 Å². The van der Waals surface area contributed by atoms with Gasteiger partial charge in [0.15, 0.2) is 6.79 Å². The van der Waals surface area contributed by atoms with E-state index in [0.29, 0.717) is 0 Å². The lowest BCUT2D eigenvalue weighted by Gasteiger charge is -2.27. The number of aliphatic hydroxyl groups is 1. The molecule has 0 radical (unpaired) electrons. The summed E-state index contributed by atoms with van der Waals surface area (Å²) in [6, 6.07) is 0. The highest BCUT2D eigenvalue weighted by Gasteiger charge is 2.24. The lowest BCUT2D eigenvalue weighted by molar-refractivity contribution is -0.158. The number of carbonyl (C=O) groups excluding carboxylic acids is 1. The number of likely N-dealkylation sites (tertiary alicyclic amines) is 1. The number of nitrogens with zero attached hydrogens (tertiary/aromatic N) is 1. The molecule has 0 saturated carbocycles. The van der Waals surface area contributed by atoms with E-state index in [1.54, 1.807) is 0 Å². The zero-order valence-electron chi connectivity index (χ0n) is 7.32. The minimum atomic E-state index is -0.495. The van der Waals surface area contributed by atoms with Gasteiger partial charge in [0, 0.05) is 0 Å². The molecule has 1 saturated heterocycles. The highest BCUT2D eigenvalue weighted by molar-refractivity contribution is 5.72. The van der Waals surface area contributed by atoms with E-state index in [-0.39, 0.29) is 11.9 Å². The molecule has 4 nitrogen and oxygen atoms in total. The van der Waals surface area contributed by atoms with Gasteiger partial charge in [0.05, 0.1) is 5.92 Å². The second-order valence-corrected chi connectivity index (χ2v) is 3.17. The minimum Gasteiger partial charge on any atom is -0.438 e. The van der Waals surface area contributed by atoms with Crippen molar-refractivity contribution in [3.63, 3.8) is 0 Å². The Morgan fingerprint density at radius 1 is 1.58 bits per heavy atom. The molecule has 0 aromatic carbocycles. The fourth-order valence-corrected chi connectivity index (χ4v) is 1.43. The van der Waals surface area contributed by atoms with E-state index in [1.807, 2.05) is 7.05 Å². The molecule has 4 heteroatoms. The van der Waals surface area contributed by atoms with Gasteiger partial charge in [-0.15, -0.1) is 0 Å². The summed E-state index contributed by atoms with van der Waals surface area (Å²) in [7, 11) is 2.04. The van der Waals surface area contributed by atoms with Gasteiger partial charge < -0.3 is 14.7 Å². The largest absolute Gasteiger partial charge is 0.438 e. The number of carbonyl (C=O) groups is 1. The summed E-state index contributed by atoms with van der Waals surface area (Å²) < 4.78 is 4.51.